The highest BCUT2D eigenvalue weighted by Crippen LogP contribution is 2.59. The summed E-state index contributed by atoms with van der Waals surface area (Å²) in [4.78, 5) is 5.31. The van der Waals surface area contributed by atoms with Crippen LogP contribution in [0.1, 0.15) is 76.8 Å². The van der Waals surface area contributed by atoms with Crippen molar-refractivity contribution in [3.05, 3.63) is 322 Å². The van der Waals surface area contributed by atoms with E-state index in [9.17, 15) is 0 Å². The van der Waals surface area contributed by atoms with Crippen LogP contribution in [0.15, 0.2) is 272 Å². The Labute approximate surface area is 521 Å². The van der Waals surface area contributed by atoms with Crippen molar-refractivity contribution in [2.75, 3.05) is 9.80 Å². The zero-order valence-corrected chi connectivity index (χ0v) is 52.0. The molecule has 3 aliphatic carbocycles. The van der Waals surface area contributed by atoms with E-state index < -0.39 is 0 Å². The molecule has 0 fully saturated rings. The summed E-state index contributed by atoms with van der Waals surface area (Å²) in [5, 5.41) is 0. The largest absolute Gasteiger partial charge is 0.309 e. The number of allylic oxidation sites excluding steroid dienone is 6. The van der Waals surface area contributed by atoms with Gasteiger partial charge in [-0.1, -0.05) is 263 Å². The summed E-state index contributed by atoms with van der Waals surface area (Å²) in [5.41, 5.74) is 34.7. The maximum absolute atomic E-state index is 2.66. The number of aryl methyl sites for hydroxylation is 6. The molecule has 0 bridgehead atoms. The summed E-state index contributed by atoms with van der Waals surface area (Å²) < 4.78 is 0. The third kappa shape index (κ3) is 10.1. The molecule has 0 N–H and O–H groups in total. The molecule has 11 aromatic carbocycles. The second kappa shape index (κ2) is 22.7. The minimum atomic E-state index is -0.0357. The third-order valence-corrected chi connectivity index (χ3v) is 18.7. The summed E-state index contributed by atoms with van der Waals surface area (Å²) >= 11 is 0. The van der Waals surface area contributed by atoms with E-state index in [0.717, 1.165) is 67.5 Å². The number of anilines is 6. The molecule has 2 atom stereocenters. The van der Waals surface area contributed by atoms with E-state index in [4.69, 9.17) is 0 Å². The number of benzene rings is 11. The molecule has 0 radical (unpaired) electrons. The van der Waals surface area contributed by atoms with Crippen molar-refractivity contribution in [1.29, 1.82) is 0 Å². The lowest BCUT2D eigenvalue weighted by Gasteiger charge is -2.42. The molecule has 0 aliphatic heterocycles. The lowest BCUT2D eigenvalue weighted by Crippen LogP contribution is -2.27. The highest BCUT2D eigenvalue weighted by molar-refractivity contribution is 6.02. The van der Waals surface area contributed by atoms with Crippen LogP contribution in [-0.2, 0) is 0 Å². The van der Waals surface area contributed by atoms with Gasteiger partial charge in [-0.25, -0.2) is 0 Å². The number of hydrogen-bond acceptors (Lipinski definition) is 2. The topological polar surface area (TPSA) is 6.48 Å². The summed E-state index contributed by atoms with van der Waals surface area (Å²) in [6.45, 7) is 20.7. The van der Waals surface area contributed by atoms with Gasteiger partial charge < -0.3 is 9.80 Å². The fourth-order valence-corrected chi connectivity index (χ4v) is 14.2. The Morgan fingerprint density at radius 3 is 1.15 bits per heavy atom. The molecule has 2 nitrogen and oxygen atoms in total. The van der Waals surface area contributed by atoms with Gasteiger partial charge in [0.1, 0.15) is 0 Å². The summed E-state index contributed by atoms with van der Waals surface area (Å²) in [7, 11) is 0. The first kappa shape index (κ1) is 55.8. The molecular formula is C86H74N2. The predicted octanol–water partition coefficient (Wildman–Crippen LogP) is 24.1. The van der Waals surface area contributed by atoms with E-state index in [-0.39, 0.29) is 17.3 Å². The Balaban J connectivity index is 1.17. The first-order valence-electron chi connectivity index (χ1n) is 31.2. The molecule has 0 amide bonds. The fraction of sp³-hybridized carbons (Fsp3) is 0.140. The molecule has 14 rings (SSSR count). The molecule has 3 aliphatic rings. The van der Waals surface area contributed by atoms with Gasteiger partial charge in [-0.2, -0.15) is 0 Å². The highest BCUT2D eigenvalue weighted by Gasteiger charge is 2.40. The molecule has 0 saturated carbocycles. The monoisotopic (exact) mass is 1130 g/mol. The Morgan fingerprint density at radius 1 is 0.318 bits per heavy atom. The van der Waals surface area contributed by atoms with Gasteiger partial charge in [0.2, 0.25) is 0 Å². The first-order chi connectivity index (χ1) is 42.8. The molecule has 0 aromatic heterocycles. The van der Waals surface area contributed by atoms with Crippen LogP contribution in [0.5, 0.6) is 0 Å². The van der Waals surface area contributed by atoms with Crippen LogP contribution < -0.4 is 9.80 Å². The van der Waals surface area contributed by atoms with Crippen molar-refractivity contribution >= 4 is 46.3 Å². The van der Waals surface area contributed by atoms with Crippen LogP contribution in [-0.4, -0.2) is 0 Å². The van der Waals surface area contributed by atoms with Crippen molar-refractivity contribution in [1.82, 2.24) is 0 Å². The van der Waals surface area contributed by atoms with E-state index in [1.807, 2.05) is 0 Å². The Kier molecular flexibility index (Phi) is 14.4. The van der Waals surface area contributed by atoms with Gasteiger partial charge >= 0.3 is 0 Å². The quantitative estimate of drug-likeness (QED) is 0.120. The standard InChI is InChI=1S/C86H74N2/c1-55-36-38-69(82-57(3)24-22-25-58(82)4)52-76(55)87(78-50-65(61-28-14-10-15-29-61)40-44-72(78)63-32-18-12-19-33-63)80-54-81(75-47-43-68-49-71(86(7,8)9)48-67-42-46-74(80)85(75)84(67)68)88(77-53-70(39-37-56(77)2)83-59(5)26-23-27-60(83)6)79-51-66(62-30-16-11-17-31-62)41-45-73(79)64-34-20-13-21-35-64/h10-54,67,84H,1-9H3. The lowest BCUT2D eigenvalue weighted by molar-refractivity contribution is 0.499. The van der Waals surface area contributed by atoms with Crippen molar-refractivity contribution in [2.45, 2.75) is 68.2 Å². The van der Waals surface area contributed by atoms with Crippen LogP contribution in [0.3, 0.4) is 0 Å². The van der Waals surface area contributed by atoms with E-state index in [1.165, 1.54) is 94.6 Å². The van der Waals surface area contributed by atoms with Gasteiger partial charge in [0, 0.05) is 45.5 Å². The van der Waals surface area contributed by atoms with Crippen molar-refractivity contribution in [3.63, 3.8) is 0 Å². The molecule has 88 heavy (non-hydrogen) atoms. The van der Waals surface area contributed by atoms with Gasteiger partial charge in [-0.05, 0) is 183 Å². The van der Waals surface area contributed by atoms with Gasteiger partial charge in [0.25, 0.3) is 0 Å². The SMILES string of the molecule is Cc1ccc(-c2c(C)cccc2C)cc1N(c1cc(-c2ccccc2)ccc1-c1ccccc1)c1cc(N(c2cc(-c3c(C)cccc3C)ccc2C)c2cc(-c3ccccc3)ccc2-c2ccccc2)c2c3c1C=CC1=CC(C(C)(C)C)=CC(C=C2)C13. The zero-order chi connectivity index (χ0) is 60.4. The molecular weight excluding hydrogens is 1060 g/mol. The van der Waals surface area contributed by atoms with Gasteiger partial charge in [0.05, 0.1) is 22.7 Å². The van der Waals surface area contributed by atoms with Gasteiger partial charge in [0.15, 0.2) is 0 Å². The lowest BCUT2D eigenvalue weighted by atomic mass is 9.65. The number of nitrogens with zero attached hydrogens (tertiary/aromatic N) is 2. The Morgan fingerprint density at radius 2 is 0.716 bits per heavy atom. The average molecular weight is 1140 g/mol. The summed E-state index contributed by atoms with van der Waals surface area (Å²) in [6.07, 6.45) is 15.0. The molecule has 2 unspecified atom stereocenters. The van der Waals surface area contributed by atoms with Crippen LogP contribution in [0.2, 0.25) is 0 Å². The van der Waals surface area contributed by atoms with Crippen LogP contribution >= 0.6 is 0 Å². The number of hydrogen-bond donors (Lipinski definition) is 0. The molecule has 0 spiro atoms. The summed E-state index contributed by atoms with van der Waals surface area (Å²) in [6, 6.07) is 88.4. The average Bonchev–Trinajstić information content (AvgIpc) is 0.767. The minimum Gasteiger partial charge on any atom is -0.309 e. The van der Waals surface area contributed by atoms with E-state index in [1.54, 1.807) is 0 Å². The molecule has 428 valence electrons. The predicted molar refractivity (Wildman–Crippen MR) is 377 cm³/mol. The first-order valence-corrected chi connectivity index (χ1v) is 31.2. The Hall–Kier alpha value is -10.0. The van der Waals surface area contributed by atoms with Crippen LogP contribution in [0.4, 0.5) is 34.1 Å². The normalized spacial score (nSPS) is 14.7. The molecule has 0 saturated heterocycles. The van der Waals surface area contributed by atoms with Crippen molar-refractivity contribution in [3.8, 4) is 66.8 Å². The van der Waals surface area contributed by atoms with Crippen molar-refractivity contribution in [2.24, 2.45) is 11.3 Å². The van der Waals surface area contributed by atoms with E-state index >= 15 is 0 Å². The maximum Gasteiger partial charge on any atom is 0.0558 e. The molecule has 2 heteroatoms. The third-order valence-electron chi connectivity index (χ3n) is 18.7. The Bertz CT molecular complexity index is 4600. The summed E-state index contributed by atoms with van der Waals surface area (Å²) in [5.74, 6) is 0.201. The number of rotatable bonds is 12. The second-order valence-electron chi connectivity index (χ2n) is 25.6. The van der Waals surface area contributed by atoms with Crippen LogP contribution in [0, 0.1) is 52.9 Å². The second-order valence-corrected chi connectivity index (χ2v) is 25.6. The van der Waals surface area contributed by atoms with E-state index in [0.29, 0.717) is 0 Å². The maximum atomic E-state index is 2.66. The molecule has 0 heterocycles. The zero-order valence-electron chi connectivity index (χ0n) is 52.0. The van der Waals surface area contributed by atoms with E-state index in [2.05, 4.69) is 345 Å². The minimum absolute atomic E-state index is 0.0357. The van der Waals surface area contributed by atoms with Crippen molar-refractivity contribution < 1.29 is 0 Å². The molecule has 11 aromatic rings. The van der Waals surface area contributed by atoms with Crippen LogP contribution in [0.25, 0.3) is 78.9 Å². The van der Waals surface area contributed by atoms with Gasteiger partial charge in [-0.3, -0.25) is 0 Å². The highest BCUT2D eigenvalue weighted by atomic mass is 15.2. The van der Waals surface area contributed by atoms with Gasteiger partial charge in [-0.15, -0.1) is 0 Å². The fourth-order valence-electron chi connectivity index (χ4n) is 14.2. The smallest absolute Gasteiger partial charge is 0.0558 e.